The largest absolute Gasteiger partial charge is 0.399 e. The fourth-order valence-electron chi connectivity index (χ4n) is 3.23. The van der Waals surface area contributed by atoms with Crippen LogP contribution in [0.2, 0.25) is 0 Å². The molecule has 3 aromatic carbocycles. The SMILES string of the molecule is C=C(N)c1cccc2c(NCc3cccc(NC(=O)c4ccccc4)c3)ncnc12. The number of benzene rings is 3. The molecular weight excluding hydrogens is 374 g/mol. The quantitative estimate of drug-likeness (QED) is 0.449. The summed E-state index contributed by atoms with van der Waals surface area (Å²) in [4.78, 5) is 21.1. The zero-order chi connectivity index (χ0) is 20.9. The second-order valence-corrected chi connectivity index (χ2v) is 6.82. The Morgan fingerprint density at radius 1 is 0.967 bits per heavy atom. The molecule has 148 valence electrons. The average Bonchev–Trinajstić information content (AvgIpc) is 2.78. The molecule has 0 saturated heterocycles. The van der Waals surface area contributed by atoms with Crippen molar-refractivity contribution in [2.45, 2.75) is 6.54 Å². The number of aromatic nitrogens is 2. The molecule has 0 radical (unpaired) electrons. The molecule has 0 bridgehead atoms. The third kappa shape index (κ3) is 4.12. The van der Waals surface area contributed by atoms with E-state index in [0.717, 1.165) is 27.7 Å². The van der Waals surface area contributed by atoms with E-state index in [9.17, 15) is 4.79 Å². The summed E-state index contributed by atoms with van der Waals surface area (Å²) in [6, 6.07) is 22.6. The summed E-state index contributed by atoms with van der Waals surface area (Å²) in [6.45, 7) is 4.35. The fraction of sp³-hybridized carbons (Fsp3) is 0.0417. The summed E-state index contributed by atoms with van der Waals surface area (Å²) >= 11 is 0. The van der Waals surface area contributed by atoms with Crippen LogP contribution in [0.1, 0.15) is 21.5 Å². The maximum atomic E-state index is 12.4. The number of anilines is 2. The van der Waals surface area contributed by atoms with Crippen LogP contribution < -0.4 is 16.4 Å². The predicted octanol–water partition coefficient (Wildman–Crippen LogP) is 4.42. The summed E-state index contributed by atoms with van der Waals surface area (Å²) in [7, 11) is 0. The Balaban J connectivity index is 1.51. The first kappa shape index (κ1) is 19.1. The smallest absolute Gasteiger partial charge is 0.255 e. The van der Waals surface area contributed by atoms with Crippen LogP contribution in [0.3, 0.4) is 0 Å². The van der Waals surface area contributed by atoms with Gasteiger partial charge in [0, 0.05) is 34.4 Å². The highest BCUT2D eigenvalue weighted by atomic mass is 16.1. The van der Waals surface area contributed by atoms with Crippen LogP contribution in [0.5, 0.6) is 0 Å². The first-order valence-corrected chi connectivity index (χ1v) is 9.49. The average molecular weight is 395 g/mol. The number of carbonyl (C=O) groups excluding carboxylic acids is 1. The van der Waals surface area contributed by atoms with Crippen molar-refractivity contribution in [1.82, 2.24) is 9.97 Å². The number of para-hydroxylation sites is 1. The molecule has 1 amide bonds. The van der Waals surface area contributed by atoms with Gasteiger partial charge in [0.25, 0.3) is 5.91 Å². The van der Waals surface area contributed by atoms with Crippen LogP contribution in [0.25, 0.3) is 16.6 Å². The number of amides is 1. The lowest BCUT2D eigenvalue weighted by Gasteiger charge is -2.12. The summed E-state index contributed by atoms with van der Waals surface area (Å²) in [5, 5.41) is 7.15. The van der Waals surface area contributed by atoms with Crippen molar-refractivity contribution in [1.29, 1.82) is 0 Å². The standard InChI is InChI=1S/C24H21N5O/c1-16(25)20-11-6-12-21-22(20)27-15-28-23(21)26-14-17-7-5-10-19(13-17)29-24(30)18-8-3-2-4-9-18/h2-13,15H,1,14,25H2,(H,29,30)(H,26,27,28). The highest BCUT2D eigenvalue weighted by Crippen LogP contribution is 2.25. The molecule has 4 N–H and O–H groups in total. The molecule has 0 atom stereocenters. The Labute approximate surface area is 174 Å². The molecule has 1 heterocycles. The lowest BCUT2D eigenvalue weighted by Crippen LogP contribution is -2.12. The highest BCUT2D eigenvalue weighted by Gasteiger charge is 2.09. The zero-order valence-electron chi connectivity index (χ0n) is 16.3. The second kappa shape index (κ2) is 8.45. The number of carbonyl (C=O) groups is 1. The van der Waals surface area contributed by atoms with E-state index in [-0.39, 0.29) is 5.91 Å². The van der Waals surface area contributed by atoms with Gasteiger partial charge in [-0.05, 0) is 35.9 Å². The number of hydrogen-bond acceptors (Lipinski definition) is 5. The van der Waals surface area contributed by atoms with Crippen molar-refractivity contribution in [2.24, 2.45) is 5.73 Å². The van der Waals surface area contributed by atoms with Crippen molar-refractivity contribution >= 4 is 34.0 Å². The molecule has 0 saturated carbocycles. The minimum atomic E-state index is -0.142. The molecule has 6 nitrogen and oxygen atoms in total. The van der Waals surface area contributed by atoms with Gasteiger partial charge in [-0.1, -0.05) is 49.0 Å². The molecule has 0 spiro atoms. The number of nitrogens with two attached hydrogens (primary N) is 1. The van der Waals surface area contributed by atoms with Crippen LogP contribution in [-0.4, -0.2) is 15.9 Å². The monoisotopic (exact) mass is 395 g/mol. The van der Waals surface area contributed by atoms with Crippen molar-refractivity contribution in [3.8, 4) is 0 Å². The van der Waals surface area contributed by atoms with Crippen molar-refractivity contribution in [3.63, 3.8) is 0 Å². The summed E-state index contributed by atoms with van der Waals surface area (Å²) in [6.07, 6.45) is 1.51. The van der Waals surface area contributed by atoms with Gasteiger partial charge in [0.1, 0.15) is 12.1 Å². The topological polar surface area (TPSA) is 92.9 Å². The third-order valence-electron chi connectivity index (χ3n) is 4.69. The Hall–Kier alpha value is -4.19. The van der Waals surface area contributed by atoms with E-state index in [2.05, 4.69) is 27.2 Å². The minimum Gasteiger partial charge on any atom is -0.399 e. The zero-order valence-corrected chi connectivity index (χ0v) is 16.3. The predicted molar refractivity (Wildman–Crippen MR) is 121 cm³/mol. The van der Waals surface area contributed by atoms with Gasteiger partial charge in [-0.3, -0.25) is 4.79 Å². The van der Waals surface area contributed by atoms with E-state index in [4.69, 9.17) is 5.73 Å². The van der Waals surface area contributed by atoms with Gasteiger partial charge in [-0.15, -0.1) is 0 Å². The molecule has 0 unspecified atom stereocenters. The molecule has 0 aliphatic heterocycles. The third-order valence-corrected chi connectivity index (χ3v) is 4.69. The molecule has 4 rings (SSSR count). The van der Waals surface area contributed by atoms with Crippen LogP contribution in [0.4, 0.5) is 11.5 Å². The van der Waals surface area contributed by atoms with Crippen LogP contribution >= 0.6 is 0 Å². The summed E-state index contributed by atoms with van der Waals surface area (Å²) in [5.74, 6) is 0.568. The van der Waals surface area contributed by atoms with Crippen LogP contribution in [-0.2, 0) is 6.54 Å². The van der Waals surface area contributed by atoms with Crippen molar-refractivity contribution in [3.05, 3.63) is 102 Å². The Morgan fingerprint density at radius 2 is 1.77 bits per heavy atom. The number of nitrogens with zero attached hydrogens (tertiary/aromatic N) is 2. The Bertz CT molecular complexity index is 1220. The highest BCUT2D eigenvalue weighted by molar-refractivity contribution is 6.04. The van der Waals surface area contributed by atoms with E-state index in [0.29, 0.717) is 23.6 Å². The van der Waals surface area contributed by atoms with Crippen LogP contribution in [0.15, 0.2) is 85.7 Å². The molecular formula is C24H21N5O. The normalized spacial score (nSPS) is 10.5. The lowest BCUT2D eigenvalue weighted by molar-refractivity contribution is 0.102. The number of nitrogens with one attached hydrogen (secondary N) is 2. The second-order valence-electron chi connectivity index (χ2n) is 6.82. The minimum absolute atomic E-state index is 0.142. The summed E-state index contributed by atoms with van der Waals surface area (Å²) < 4.78 is 0. The maximum absolute atomic E-state index is 12.4. The van der Waals surface area contributed by atoms with Gasteiger partial charge in [-0.25, -0.2) is 9.97 Å². The molecule has 0 aliphatic rings. The molecule has 30 heavy (non-hydrogen) atoms. The van der Waals surface area contributed by atoms with Gasteiger partial charge < -0.3 is 16.4 Å². The first-order valence-electron chi connectivity index (χ1n) is 9.49. The Kier molecular flexibility index (Phi) is 5.39. The van der Waals surface area contributed by atoms with Crippen molar-refractivity contribution in [2.75, 3.05) is 10.6 Å². The van der Waals surface area contributed by atoms with Gasteiger partial charge in [0.15, 0.2) is 0 Å². The summed E-state index contributed by atoms with van der Waals surface area (Å²) in [5.41, 5.74) is 10.3. The van der Waals surface area contributed by atoms with E-state index < -0.39 is 0 Å². The van der Waals surface area contributed by atoms with E-state index in [1.165, 1.54) is 6.33 Å². The van der Waals surface area contributed by atoms with Gasteiger partial charge >= 0.3 is 0 Å². The molecule has 0 fully saturated rings. The Morgan fingerprint density at radius 3 is 2.57 bits per heavy atom. The first-order chi connectivity index (χ1) is 14.6. The lowest BCUT2D eigenvalue weighted by atomic mass is 10.1. The van der Waals surface area contributed by atoms with E-state index in [1.54, 1.807) is 12.1 Å². The molecule has 4 aromatic rings. The fourth-order valence-corrected chi connectivity index (χ4v) is 3.23. The van der Waals surface area contributed by atoms with Gasteiger partial charge in [0.2, 0.25) is 0 Å². The molecule has 6 heteroatoms. The molecule has 1 aromatic heterocycles. The van der Waals surface area contributed by atoms with Crippen LogP contribution in [0, 0.1) is 0 Å². The molecule has 0 aliphatic carbocycles. The van der Waals surface area contributed by atoms with Crippen molar-refractivity contribution < 1.29 is 4.79 Å². The van der Waals surface area contributed by atoms with E-state index in [1.807, 2.05) is 60.7 Å². The van der Waals surface area contributed by atoms with Gasteiger partial charge in [-0.2, -0.15) is 0 Å². The number of hydrogen-bond donors (Lipinski definition) is 3. The number of fused-ring (bicyclic) bond motifs is 1. The van der Waals surface area contributed by atoms with Gasteiger partial charge in [0.05, 0.1) is 5.52 Å². The number of rotatable bonds is 6. The maximum Gasteiger partial charge on any atom is 0.255 e. The van der Waals surface area contributed by atoms with E-state index >= 15 is 0 Å².